The zero-order chi connectivity index (χ0) is 10.8. The van der Waals surface area contributed by atoms with Gasteiger partial charge in [-0.3, -0.25) is 4.79 Å². The third-order valence-electron chi connectivity index (χ3n) is 2.37. The number of nitrogens with two attached hydrogens (primary N) is 1. The lowest BCUT2D eigenvalue weighted by atomic mass is 10.2. The van der Waals surface area contributed by atoms with E-state index in [-0.39, 0.29) is 11.6 Å². The smallest absolute Gasteiger partial charge is 0.251 e. The van der Waals surface area contributed by atoms with Crippen LogP contribution in [0.5, 0.6) is 0 Å². The van der Waals surface area contributed by atoms with E-state index in [2.05, 4.69) is 0 Å². The van der Waals surface area contributed by atoms with Crippen molar-refractivity contribution < 1.29 is 0 Å². The first kappa shape index (κ1) is 9.93. The fourth-order valence-corrected chi connectivity index (χ4v) is 1.72. The minimum Gasteiger partial charge on any atom is -0.326 e. The molecular weight excluding hydrogens is 188 g/mol. The van der Waals surface area contributed by atoms with Crippen LogP contribution < -0.4 is 11.3 Å². The normalized spacial score (nSPS) is 12.9. The standard InChI is InChI=1S/C12H14N2O/c1-9(13)8-14-11-5-3-2-4-10(11)6-7-12(14)15/h2-7,9H,8,13H2,1H3. The van der Waals surface area contributed by atoms with Crippen molar-refractivity contribution >= 4 is 10.9 Å². The van der Waals surface area contributed by atoms with Crippen LogP contribution in [-0.4, -0.2) is 10.6 Å². The Morgan fingerprint density at radius 3 is 2.73 bits per heavy atom. The zero-order valence-corrected chi connectivity index (χ0v) is 8.68. The van der Waals surface area contributed by atoms with Gasteiger partial charge in [-0.2, -0.15) is 0 Å². The predicted molar refractivity (Wildman–Crippen MR) is 61.9 cm³/mol. The molecule has 1 aromatic carbocycles. The molecule has 0 fully saturated rings. The first-order chi connectivity index (χ1) is 7.18. The molecule has 2 aromatic rings. The van der Waals surface area contributed by atoms with Crippen LogP contribution in [0.15, 0.2) is 41.2 Å². The van der Waals surface area contributed by atoms with Gasteiger partial charge < -0.3 is 10.3 Å². The Hall–Kier alpha value is -1.61. The lowest BCUT2D eigenvalue weighted by Crippen LogP contribution is -2.29. The number of benzene rings is 1. The fraction of sp³-hybridized carbons (Fsp3) is 0.250. The highest BCUT2D eigenvalue weighted by molar-refractivity contribution is 5.78. The summed E-state index contributed by atoms with van der Waals surface area (Å²) in [6.07, 6.45) is 0. The summed E-state index contributed by atoms with van der Waals surface area (Å²) >= 11 is 0. The molecule has 1 unspecified atom stereocenters. The topological polar surface area (TPSA) is 48.0 Å². The number of nitrogens with zero attached hydrogens (tertiary/aromatic N) is 1. The van der Waals surface area contributed by atoms with Crippen molar-refractivity contribution in [2.45, 2.75) is 19.5 Å². The Labute approximate surface area is 88.1 Å². The molecular formula is C12H14N2O. The molecule has 0 saturated heterocycles. The second kappa shape index (κ2) is 3.87. The second-order valence-corrected chi connectivity index (χ2v) is 3.82. The second-order valence-electron chi connectivity index (χ2n) is 3.82. The molecule has 0 bridgehead atoms. The predicted octanol–water partition coefficient (Wildman–Crippen LogP) is 1.35. The van der Waals surface area contributed by atoms with Crippen molar-refractivity contribution in [3.05, 3.63) is 46.8 Å². The summed E-state index contributed by atoms with van der Waals surface area (Å²) in [6, 6.07) is 11.2. The highest BCUT2D eigenvalue weighted by atomic mass is 16.1. The van der Waals surface area contributed by atoms with Crippen molar-refractivity contribution in [3.8, 4) is 0 Å². The van der Waals surface area contributed by atoms with Gasteiger partial charge in [0.25, 0.3) is 5.56 Å². The van der Waals surface area contributed by atoms with Crippen LogP contribution in [0, 0.1) is 0 Å². The Kier molecular flexibility index (Phi) is 2.56. The maximum Gasteiger partial charge on any atom is 0.251 e. The molecule has 1 atom stereocenters. The summed E-state index contributed by atoms with van der Waals surface area (Å²) in [5, 5.41) is 1.07. The number of hydrogen-bond donors (Lipinski definition) is 1. The summed E-state index contributed by atoms with van der Waals surface area (Å²) in [7, 11) is 0. The maximum atomic E-state index is 11.7. The number of rotatable bonds is 2. The Morgan fingerprint density at radius 2 is 2.00 bits per heavy atom. The van der Waals surface area contributed by atoms with Crippen molar-refractivity contribution in [3.63, 3.8) is 0 Å². The van der Waals surface area contributed by atoms with Crippen molar-refractivity contribution in [1.29, 1.82) is 0 Å². The number of aromatic nitrogens is 1. The summed E-state index contributed by atoms with van der Waals surface area (Å²) in [6.45, 7) is 2.45. The highest BCUT2D eigenvalue weighted by Gasteiger charge is 2.03. The Balaban J connectivity index is 2.68. The van der Waals surface area contributed by atoms with Gasteiger partial charge in [0.05, 0.1) is 5.52 Å². The zero-order valence-electron chi connectivity index (χ0n) is 8.68. The first-order valence-corrected chi connectivity index (χ1v) is 5.02. The average Bonchev–Trinajstić information content (AvgIpc) is 2.22. The molecule has 0 amide bonds. The molecule has 78 valence electrons. The van der Waals surface area contributed by atoms with E-state index in [1.807, 2.05) is 37.3 Å². The third kappa shape index (κ3) is 1.92. The van der Waals surface area contributed by atoms with Gasteiger partial charge in [-0.25, -0.2) is 0 Å². The van der Waals surface area contributed by atoms with Crippen LogP contribution in [0.4, 0.5) is 0 Å². The molecule has 0 aliphatic rings. The largest absolute Gasteiger partial charge is 0.326 e. The summed E-state index contributed by atoms with van der Waals surface area (Å²) in [4.78, 5) is 11.7. The van der Waals surface area contributed by atoms with Gasteiger partial charge in [-0.05, 0) is 24.4 Å². The number of para-hydroxylation sites is 1. The average molecular weight is 202 g/mol. The molecule has 0 radical (unpaired) electrons. The van der Waals surface area contributed by atoms with E-state index in [1.54, 1.807) is 10.6 Å². The molecule has 0 aliphatic heterocycles. The quantitative estimate of drug-likeness (QED) is 0.799. The van der Waals surface area contributed by atoms with Gasteiger partial charge in [0, 0.05) is 18.7 Å². The third-order valence-corrected chi connectivity index (χ3v) is 2.37. The monoisotopic (exact) mass is 202 g/mol. The molecule has 1 heterocycles. The van der Waals surface area contributed by atoms with Crippen LogP contribution in [-0.2, 0) is 6.54 Å². The number of hydrogen-bond acceptors (Lipinski definition) is 2. The van der Waals surface area contributed by atoms with E-state index in [0.717, 1.165) is 10.9 Å². The van der Waals surface area contributed by atoms with Crippen LogP contribution >= 0.6 is 0 Å². The lowest BCUT2D eigenvalue weighted by Gasteiger charge is -2.11. The van der Waals surface area contributed by atoms with Gasteiger partial charge in [-0.1, -0.05) is 18.2 Å². The van der Waals surface area contributed by atoms with Crippen LogP contribution in [0.2, 0.25) is 0 Å². The molecule has 15 heavy (non-hydrogen) atoms. The van der Waals surface area contributed by atoms with E-state index in [4.69, 9.17) is 5.73 Å². The van der Waals surface area contributed by atoms with Crippen molar-refractivity contribution in [1.82, 2.24) is 4.57 Å². The minimum atomic E-state index is -0.0199. The minimum absolute atomic E-state index is 0.00556. The van der Waals surface area contributed by atoms with Crippen LogP contribution in [0.3, 0.4) is 0 Å². The van der Waals surface area contributed by atoms with Crippen LogP contribution in [0.1, 0.15) is 6.92 Å². The number of fused-ring (bicyclic) bond motifs is 1. The molecule has 0 aliphatic carbocycles. The molecule has 0 saturated carbocycles. The van der Waals surface area contributed by atoms with E-state index in [9.17, 15) is 4.79 Å². The Morgan fingerprint density at radius 1 is 1.27 bits per heavy atom. The maximum absolute atomic E-state index is 11.7. The molecule has 1 aromatic heterocycles. The van der Waals surface area contributed by atoms with E-state index in [1.165, 1.54) is 0 Å². The molecule has 0 spiro atoms. The van der Waals surface area contributed by atoms with Gasteiger partial charge in [0.15, 0.2) is 0 Å². The number of pyridine rings is 1. The van der Waals surface area contributed by atoms with Crippen molar-refractivity contribution in [2.75, 3.05) is 0 Å². The van der Waals surface area contributed by atoms with E-state index in [0.29, 0.717) is 6.54 Å². The molecule has 3 heteroatoms. The summed E-state index contributed by atoms with van der Waals surface area (Å²) in [5.74, 6) is 0. The Bertz CT molecular complexity index is 528. The van der Waals surface area contributed by atoms with Crippen molar-refractivity contribution in [2.24, 2.45) is 5.73 Å². The summed E-state index contributed by atoms with van der Waals surface area (Å²) < 4.78 is 1.72. The summed E-state index contributed by atoms with van der Waals surface area (Å²) in [5.41, 5.74) is 6.68. The lowest BCUT2D eigenvalue weighted by molar-refractivity contribution is 0.590. The molecule has 2 rings (SSSR count). The van der Waals surface area contributed by atoms with Gasteiger partial charge >= 0.3 is 0 Å². The van der Waals surface area contributed by atoms with Gasteiger partial charge in [0.2, 0.25) is 0 Å². The molecule has 2 N–H and O–H groups in total. The molecule has 3 nitrogen and oxygen atoms in total. The van der Waals surface area contributed by atoms with Gasteiger partial charge in [0.1, 0.15) is 0 Å². The van der Waals surface area contributed by atoms with Gasteiger partial charge in [-0.15, -0.1) is 0 Å². The van der Waals surface area contributed by atoms with E-state index >= 15 is 0 Å². The van der Waals surface area contributed by atoms with E-state index < -0.39 is 0 Å². The SMILES string of the molecule is CC(N)Cn1c(=O)ccc2ccccc21. The fourth-order valence-electron chi connectivity index (χ4n) is 1.72. The van der Waals surface area contributed by atoms with Crippen LogP contribution in [0.25, 0.3) is 10.9 Å². The first-order valence-electron chi connectivity index (χ1n) is 5.02. The highest BCUT2D eigenvalue weighted by Crippen LogP contribution is 2.10.